The molecule has 0 unspecified atom stereocenters. The second kappa shape index (κ2) is 8.39. The van der Waals surface area contributed by atoms with Gasteiger partial charge in [-0.3, -0.25) is 4.90 Å². The average molecular weight is 378 g/mol. The zero-order valence-corrected chi connectivity index (χ0v) is 16.5. The van der Waals surface area contributed by atoms with Gasteiger partial charge in [0.2, 0.25) is 0 Å². The maximum atomic E-state index is 5.24. The van der Waals surface area contributed by atoms with Crippen LogP contribution in [-0.2, 0) is 6.54 Å². The van der Waals surface area contributed by atoms with Crippen LogP contribution < -0.4 is 9.64 Å². The van der Waals surface area contributed by atoms with Crippen LogP contribution in [0.5, 0.6) is 5.75 Å². The van der Waals surface area contributed by atoms with E-state index in [2.05, 4.69) is 37.2 Å². The molecule has 0 saturated carbocycles. The third-order valence-electron chi connectivity index (χ3n) is 5.07. The molecule has 1 fully saturated rings. The molecule has 0 bridgehead atoms. The number of anilines is 1. The Hall–Kier alpha value is -2.93. The van der Waals surface area contributed by atoms with Crippen LogP contribution in [0, 0.1) is 6.92 Å². The molecule has 146 valence electrons. The number of aryl methyl sites for hydroxylation is 1. The van der Waals surface area contributed by atoms with Crippen molar-refractivity contribution in [3.63, 3.8) is 0 Å². The Bertz CT molecular complexity index is 890. The predicted molar refractivity (Wildman–Crippen MR) is 109 cm³/mol. The van der Waals surface area contributed by atoms with Gasteiger partial charge in [-0.1, -0.05) is 12.1 Å². The van der Waals surface area contributed by atoms with Gasteiger partial charge in [0.25, 0.3) is 0 Å². The highest BCUT2D eigenvalue weighted by molar-refractivity contribution is 5.40. The van der Waals surface area contributed by atoms with Crippen LogP contribution in [0.1, 0.15) is 17.7 Å². The van der Waals surface area contributed by atoms with Gasteiger partial charge in [-0.05, 0) is 49.2 Å². The van der Waals surface area contributed by atoms with E-state index in [1.54, 1.807) is 11.8 Å². The van der Waals surface area contributed by atoms with Crippen LogP contribution in [-0.4, -0.2) is 58.2 Å². The van der Waals surface area contributed by atoms with Crippen molar-refractivity contribution in [1.29, 1.82) is 0 Å². The number of ether oxygens (including phenoxy) is 1. The molecule has 1 aliphatic heterocycles. The van der Waals surface area contributed by atoms with Gasteiger partial charge in [-0.25, -0.2) is 4.68 Å². The Morgan fingerprint density at radius 3 is 2.36 bits per heavy atom. The molecule has 0 radical (unpaired) electrons. The second-order valence-electron chi connectivity index (χ2n) is 7.12. The molecule has 1 aromatic carbocycles. The highest BCUT2D eigenvalue weighted by Gasteiger charge is 2.17. The average Bonchev–Trinajstić information content (AvgIpc) is 3.03. The lowest BCUT2D eigenvalue weighted by Crippen LogP contribution is -2.31. The first-order chi connectivity index (χ1) is 13.7. The zero-order chi connectivity index (χ0) is 19.3. The number of rotatable bonds is 5. The van der Waals surface area contributed by atoms with Gasteiger partial charge in [-0.2, -0.15) is 5.10 Å². The summed E-state index contributed by atoms with van der Waals surface area (Å²) >= 11 is 0. The summed E-state index contributed by atoms with van der Waals surface area (Å²) in [6, 6.07) is 14.3. The summed E-state index contributed by atoms with van der Waals surface area (Å²) < 4.78 is 7.00. The molecule has 28 heavy (non-hydrogen) atoms. The van der Waals surface area contributed by atoms with Gasteiger partial charge in [-0.15, -0.1) is 10.2 Å². The molecule has 1 aliphatic rings. The van der Waals surface area contributed by atoms with E-state index < -0.39 is 0 Å². The van der Waals surface area contributed by atoms with E-state index in [1.165, 1.54) is 5.56 Å². The van der Waals surface area contributed by atoms with Crippen molar-refractivity contribution in [3.05, 3.63) is 59.9 Å². The smallest absolute Gasteiger partial charge is 0.175 e. The van der Waals surface area contributed by atoms with Crippen molar-refractivity contribution in [1.82, 2.24) is 24.9 Å². The number of aromatic nitrogens is 4. The van der Waals surface area contributed by atoms with Crippen LogP contribution in [0.4, 0.5) is 5.82 Å². The van der Waals surface area contributed by atoms with Crippen LogP contribution in [0.15, 0.2) is 48.7 Å². The molecule has 0 atom stereocenters. The quantitative estimate of drug-likeness (QED) is 0.680. The summed E-state index contributed by atoms with van der Waals surface area (Å²) in [7, 11) is 1.70. The second-order valence-corrected chi connectivity index (χ2v) is 7.12. The monoisotopic (exact) mass is 378 g/mol. The first kappa shape index (κ1) is 18.4. The standard InChI is InChI=1S/C21H26N6O/c1-17-10-13-27(24-17)21-9-8-20(22-23-21)26-12-3-11-25(14-15-26)16-18-4-6-19(28-2)7-5-18/h4-10,13H,3,11-12,14-16H2,1-2H3. The minimum Gasteiger partial charge on any atom is -0.497 e. The van der Waals surface area contributed by atoms with E-state index >= 15 is 0 Å². The first-order valence-corrected chi connectivity index (χ1v) is 9.68. The number of methoxy groups -OCH3 is 1. The zero-order valence-electron chi connectivity index (χ0n) is 16.5. The van der Waals surface area contributed by atoms with Gasteiger partial charge in [0, 0.05) is 38.9 Å². The van der Waals surface area contributed by atoms with E-state index in [1.807, 2.05) is 43.5 Å². The Morgan fingerprint density at radius 2 is 1.68 bits per heavy atom. The molecular formula is C21H26N6O. The largest absolute Gasteiger partial charge is 0.497 e. The number of hydrogen-bond acceptors (Lipinski definition) is 6. The molecular weight excluding hydrogens is 352 g/mol. The van der Waals surface area contributed by atoms with Gasteiger partial charge in [0.15, 0.2) is 11.6 Å². The molecule has 7 nitrogen and oxygen atoms in total. The summed E-state index contributed by atoms with van der Waals surface area (Å²) in [5, 5.41) is 13.2. The molecule has 2 aromatic heterocycles. The summed E-state index contributed by atoms with van der Waals surface area (Å²) in [5.74, 6) is 2.57. The summed E-state index contributed by atoms with van der Waals surface area (Å²) in [5.41, 5.74) is 2.28. The summed E-state index contributed by atoms with van der Waals surface area (Å²) in [6.45, 7) is 6.96. The lowest BCUT2D eigenvalue weighted by atomic mass is 10.2. The van der Waals surface area contributed by atoms with E-state index in [0.29, 0.717) is 0 Å². The van der Waals surface area contributed by atoms with Gasteiger partial charge in [0.05, 0.1) is 12.8 Å². The van der Waals surface area contributed by atoms with Crippen molar-refractivity contribution in [2.45, 2.75) is 19.9 Å². The fourth-order valence-corrected chi connectivity index (χ4v) is 3.50. The minimum atomic E-state index is 0.743. The molecule has 0 N–H and O–H groups in total. The fraction of sp³-hybridized carbons (Fsp3) is 0.381. The lowest BCUT2D eigenvalue weighted by molar-refractivity contribution is 0.285. The number of hydrogen-bond donors (Lipinski definition) is 0. The molecule has 3 heterocycles. The fourth-order valence-electron chi connectivity index (χ4n) is 3.50. The highest BCUT2D eigenvalue weighted by atomic mass is 16.5. The Balaban J connectivity index is 1.36. The normalized spacial score (nSPS) is 15.4. The van der Waals surface area contributed by atoms with Crippen molar-refractivity contribution >= 4 is 5.82 Å². The molecule has 3 aromatic rings. The number of nitrogens with zero attached hydrogens (tertiary/aromatic N) is 6. The van der Waals surface area contributed by atoms with Crippen molar-refractivity contribution < 1.29 is 4.74 Å². The molecule has 0 aliphatic carbocycles. The van der Waals surface area contributed by atoms with E-state index in [0.717, 1.165) is 62.2 Å². The Morgan fingerprint density at radius 1 is 0.893 bits per heavy atom. The lowest BCUT2D eigenvalue weighted by Gasteiger charge is -2.22. The molecule has 0 spiro atoms. The molecule has 7 heteroatoms. The summed E-state index contributed by atoms with van der Waals surface area (Å²) in [4.78, 5) is 4.81. The molecule has 1 saturated heterocycles. The summed E-state index contributed by atoms with van der Waals surface area (Å²) in [6.07, 6.45) is 3.01. The van der Waals surface area contributed by atoms with Crippen LogP contribution in [0.3, 0.4) is 0 Å². The van der Waals surface area contributed by atoms with Crippen molar-refractivity contribution in [2.75, 3.05) is 38.2 Å². The van der Waals surface area contributed by atoms with Gasteiger partial charge in [0.1, 0.15) is 5.75 Å². The predicted octanol–water partition coefficient (Wildman–Crippen LogP) is 2.69. The van der Waals surface area contributed by atoms with E-state index in [-0.39, 0.29) is 0 Å². The Kier molecular flexibility index (Phi) is 5.53. The van der Waals surface area contributed by atoms with Crippen LogP contribution in [0.2, 0.25) is 0 Å². The minimum absolute atomic E-state index is 0.743. The van der Waals surface area contributed by atoms with Gasteiger partial charge >= 0.3 is 0 Å². The van der Waals surface area contributed by atoms with Crippen LogP contribution >= 0.6 is 0 Å². The number of benzene rings is 1. The van der Waals surface area contributed by atoms with Gasteiger partial charge < -0.3 is 9.64 Å². The van der Waals surface area contributed by atoms with E-state index in [4.69, 9.17) is 4.74 Å². The van der Waals surface area contributed by atoms with E-state index in [9.17, 15) is 0 Å². The van der Waals surface area contributed by atoms with Crippen LogP contribution in [0.25, 0.3) is 5.82 Å². The van der Waals surface area contributed by atoms with Crippen molar-refractivity contribution in [2.24, 2.45) is 0 Å². The molecule has 0 amide bonds. The topological polar surface area (TPSA) is 59.3 Å². The van der Waals surface area contributed by atoms with Crippen molar-refractivity contribution in [3.8, 4) is 11.6 Å². The third-order valence-corrected chi connectivity index (χ3v) is 5.07. The Labute approximate surface area is 165 Å². The maximum Gasteiger partial charge on any atom is 0.175 e. The third kappa shape index (κ3) is 4.31. The maximum absolute atomic E-state index is 5.24. The first-order valence-electron chi connectivity index (χ1n) is 9.68. The highest BCUT2D eigenvalue weighted by Crippen LogP contribution is 2.17. The SMILES string of the molecule is COc1ccc(CN2CCCN(c3ccc(-n4ccc(C)n4)nn3)CC2)cc1. The molecule has 4 rings (SSSR count).